The van der Waals surface area contributed by atoms with Gasteiger partial charge in [-0.25, -0.2) is 18.1 Å². The first kappa shape index (κ1) is 17.6. The van der Waals surface area contributed by atoms with E-state index >= 15 is 0 Å². The number of sulfonamides is 1. The van der Waals surface area contributed by atoms with Crippen molar-refractivity contribution < 1.29 is 13.2 Å². The van der Waals surface area contributed by atoms with Gasteiger partial charge in [0, 0.05) is 6.54 Å². The minimum Gasteiger partial charge on any atom is -0.475 e. The molecule has 1 aliphatic heterocycles. The Labute approximate surface area is 148 Å². The third kappa shape index (κ3) is 4.08. The Hall–Kier alpha value is -2.18. The highest BCUT2D eigenvalue weighted by Gasteiger charge is 2.27. The fourth-order valence-corrected chi connectivity index (χ4v) is 3.82. The Bertz CT molecular complexity index is 861. The van der Waals surface area contributed by atoms with E-state index < -0.39 is 10.0 Å². The number of hydrogen-bond donors (Lipinski definition) is 1. The van der Waals surface area contributed by atoms with Crippen molar-refractivity contribution in [1.29, 1.82) is 0 Å². The first-order valence-corrected chi connectivity index (χ1v) is 9.79. The fraction of sp³-hybridized carbons (Fsp3) is 0.316. The van der Waals surface area contributed by atoms with E-state index in [1.165, 1.54) is 0 Å². The molecule has 0 aromatic heterocycles. The zero-order chi connectivity index (χ0) is 17.9. The van der Waals surface area contributed by atoms with Gasteiger partial charge in [0.2, 0.25) is 15.9 Å². The predicted molar refractivity (Wildman–Crippen MR) is 98.0 cm³/mol. The van der Waals surface area contributed by atoms with Gasteiger partial charge in [0.15, 0.2) is 0 Å². The third-order valence-corrected chi connectivity index (χ3v) is 5.62. The number of hydrogen-bond acceptors (Lipinski definition) is 4. The van der Waals surface area contributed by atoms with Crippen LogP contribution in [0.1, 0.15) is 25.0 Å². The van der Waals surface area contributed by atoms with Crippen LogP contribution in [0.5, 0.6) is 0 Å². The van der Waals surface area contributed by atoms with Gasteiger partial charge in [-0.15, -0.1) is 0 Å². The average molecular weight is 358 g/mol. The Balaban J connectivity index is 1.86. The molecule has 25 heavy (non-hydrogen) atoms. The Morgan fingerprint density at radius 1 is 1.12 bits per heavy atom. The monoisotopic (exact) mass is 358 g/mol. The van der Waals surface area contributed by atoms with Crippen LogP contribution in [0, 0.1) is 5.92 Å². The molecule has 1 aliphatic rings. The maximum absolute atomic E-state index is 12.8. The molecule has 1 N–H and O–H groups in total. The summed E-state index contributed by atoms with van der Waals surface area (Å²) >= 11 is 0. The second kappa shape index (κ2) is 7.37. The minimum absolute atomic E-state index is 0.0584. The van der Waals surface area contributed by atoms with Crippen molar-refractivity contribution in [3.05, 3.63) is 65.7 Å². The summed E-state index contributed by atoms with van der Waals surface area (Å²) < 4.78 is 33.9. The van der Waals surface area contributed by atoms with Crippen LogP contribution < -0.4 is 4.72 Å². The number of ether oxygens (including phenoxy) is 1. The van der Waals surface area contributed by atoms with Crippen LogP contribution in [0.3, 0.4) is 0 Å². The molecule has 132 valence electrons. The van der Waals surface area contributed by atoms with Crippen molar-refractivity contribution in [3.8, 4) is 0 Å². The molecule has 1 atom stereocenters. The number of aliphatic imine (C=N–C) groups is 1. The Morgan fingerprint density at radius 3 is 2.48 bits per heavy atom. The van der Waals surface area contributed by atoms with E-state index in [2.05, 4.69) is 23.6 Å². The van der Waals surface area contributed by atoms with Gasteiger partial charge in [-0.1, -0.05) is 56.3 Å². The Kier molecular flexibility index (Phi) is 5.20. The zero-order valence-corrected chi connectivity index (χ0v) is 15.2. The minimum atomic E-state index is -3.68. The van der Waals surface area contributed by atoms with Gasteiger partial charge in [-0.05, 0) is 23.6 Å². The smallest absolute Gasteiger partial charge is 0.241 e. The second-order valence-electron chi connectivity index (χ2n) is 6.36. The molecule has 1 heterocycles. The third-order valence-electron chi connectivity index (χ3n) is 4.16. The first-order valence-electron chi connectivity index (χ1n) is 8.31. The van der Waals surface area contributed by atoms with Crippen molar-refractivity contribution in [3.63, 3.8) is 0 Å². The highest BCUT2D eigenvalue weighted by molar-refractivity contribution is 7.89. The van der Waals surface area contributed by atoms with E-state index in [-0.39, 0.29) is 17.5 Å². The summed E-state index contributed by atoms with van der Waals surface area (Å²) in [6.07, 6.45) is 0. The lowest BCUT2D eigenvalue weighted by Gasteiger charge is -2.11. The maximum atomic E-state index is 12.8. The van der Waals surface area contributed by atoms with Gasteiger partial charge >= 0.3 is 0 Å². The SMILES string of the molecule is CC(C)[C@H]1COC(c2ccccc2S(=O)(=O)NCc2ccccc2)=N1. The fourth-order valence-electron chi connectivity index (χ4n) is 2.61. The van der Waals surface area contributed by atoms with Gasteiger partial charge in [-0.2, -0.15) is 0 Å². The van der Waals surface area contributed by atoms with E-state index in [9.17, 15) is 8.42 Å². The van der Waals surface area contributed by atoms with E-state index in [1.807, 2.05) is 30.3 Å². The zero-order valence-electron chi connectivity index (χ0n) is 14.3. The summed E-state index contributed by atoms with van der Waals surface area (Å²) in [7, 11) is -3.68. The van der Waals surface area contributed by atoms with Crippen molar-refractivity contribution in [2.24, 2.45) is 10.9 Å². The molecule has 0 amide bonds. The van der Waals surface area contributed by atoms with Crippen LogP contribution in [-0.4, -0.2) is 27.0 Å². The first-order chi connectivity index (χ1) is 12.0. The van der Waals surface area contributed by atoms with E-state index in [0.717, 1.165) is 5.56 Å². The van der Waals surface area contributed by atoms with Gasteiger partial charge in [0.1, 0.15) is 6.61 Å². The largest absolute Gasteiger partial charge is 0.475 e. The number of benzene rings is 2. The van der Waals surface area contributed by atoms with Crippen molar-refractivity contribution in [1.82, 2.24) is 4.72 Å². The molecular formula is C19H22N2O3S. The molecule has 5 nitrogen and oxygen atoms in total. The molecule has 0 fully saturated rings. The summed E-state index contributed by atoms with van der Waals surface area (Å²) in [6.45, 7) is 4.87. The molecule has 0 saturated heterocycles. The summed E-state index contributed by atoms with van der Waals surface area (Å²) in [5.41, 5.74) is 1.41. The highest BCUT2D eigenvalue weighted by Crippen LogP contribution is 2.22. The summed E-state index contributed by atoms with van der Waals surface area (Å²) in [5, 5.41) is 0. The standard InChI is InChI=1S/C19H22N2O3S/c1-14(2)17-13-24-19(21-17)16-10-6-7-11-18(16)25(22,23)20-12-15-8-4-3-5-9-15/h3-11,14,17,20H,12-13H2,1-2H3/t17-/m1/s1. The quantitative estimate of drug-likeness (QED) is 0.863. The average Bonchev–Trinajstić information content (AvgIpc) is 3.11. The van der Waals surface area contributed by atoms with Crippen LogP contribution in [0.15, 0.2) is 64.5 Å². The number of nitrogens with zero attached hydrogens (tertiary/aromatic N) is 1. The van der Waals surface area contributed by atoms with Crippen LogP contribution in [0.25, 0.3) is 0 Å². The molecule has 0 aliphatic carbocycles. The highest BCUT2D eigenvalue weighted by atomic mass is 32.2. The molecule has 2 aromatic carbocycles. The van der Waals surface area contributed by atoms with Crippen LogP contribution in [0.4, 0.5) is 0 Å². The molecule has 6 heteroatoms. The lowest BCUT2D eigenvalue weighted by Crippen LogP contribution is -2.25. The van der Waals surface area contributed by atoms with E-state index in [1.54, 1.807) is 24.3 Å². The molecule has 0 unspecified atom stereocenters. The molecular weight excluding hydrogens is 336 g/mol. The summed E-state index contributed by atoms with van der Waals surface area (Å²) in [5.74, 6) is 0.747. The van der Waals surface area contributed by atoms with E-state index in [0.29, 0.717) is 24.0 Å². The molecule has 3 rings (SSSR count). The van der Waals surface area contributed by atoms with Crippen molar-refractivity contribution >= 4 is 15.9 Å². The second-order valence-corrected chi connectivity index (χ2v) is 8.10. The molecule has 0 spiro atoms. The van der Waals surface area contributed by atoms with E-state index in [4.69, 9.17) is 4.74 Å². The molecule has 0 saturated carbocycles. The van der Waals surface area contributed by atoms with Crippen molar-refractivity contribution in [2.45, 2.75) is 31.3 Å². The molecule has 0 bridgehead atoms. The lowest BCUT2D eigenvalue weighted by atomic mass is 10.1. The number of rotatable bonds is 6. The summed E-state index contributed by atoms with van der Waals surface area (Å²) in [4.78, 5) is 4.74. The summed E-state index contributed by atoms with van der Waals surface area (Å²) in [6, 6.07) is 16.3. The van der Waals surface area contributed by atoms with Gasteiger partial charge < -0.3 is 4.74 Å². The number of nitrogens with one attached hydrogen (secondary N) is 1. The van der Waals surface area contributed by atoms with Crippen LogP contribution in [-0.2, 0) is 21.3 Å². The molecule has 2 aromatic rings. The Morgan fingerprint density at radius 2 is 1.80 bits per heavy atom. The van der Waals surface area contributed by atoms with Gasteiger partial charge in [0.05, 0.1) is 16.5 Å². The predicted octanol–water partition coefficient (Wildman–Crippen LogP) is 2.97. The topological polar surface area (TPSA) is 67.8 Å². The lowest BCUT2D eigenvalue weighted by molar-refractivity contribution is 0.291. The van der Waals surface area contributed by atoms with Gasteiger partial charge in [0.25, 0.3) is 0 Å². The maximum Gasteiger partial charge on any atom is 0.241 e. The normalized spacial score (nSPS) is 17.4. The van der Waals surface area contributed by atoms with Crippen LogP contribution >= 0.6 is 0 Å². The molecule has 0 radical (unpaired) electrons. The van der Waals surface area contributed by atoms with Crippen molar-refractivity contribution in [2.75, 3.05) is 6.61 Å². The van der Waals surface area contributed by atoms with Gasteiger partial charge in [-0.3, -0.25) is 0 Å². The van der Waals surface area contributed by atoms with Crippen LogP contribution in [0.2, 0.25) is 0 Å².